The van der Waals surface area contributed by atoms with E-state index in [1.54, 1.807) is 48.5 Å². The lowest BCUT2D eigenvalue weighted by Crippen LogP contribution is -2.25. The highest BCUT2D eigenvalue weighted by Gasteiger charge is 2.24. The third-order valence-electron chi connectivity index (χ3n) is 5.91. The number of halogens is 1. The Morgan fingerprint density at radius 3 is 2.97 bits per heavy atom. The van der Waals surface area contributed by atoms with Crippen LogP contribution in [0.1, 0.15) is 23.2 Å². The number of aromatic nitrogens is 5. The summed E-state index contributed by atoms with van der Waals surface area (Å²) >= 11 is 6.33. The number of methoxy groups -OCH3 is 1. The van der Waals surface area contributed by atoms with Gasteiger partial charge in [0.15, 0.2) is 5.56 Å². The van der Waals surface area contributed by atoms with Gasteiger partial charge in [-0.05, 0) is 49.1 Å². The maximum atomic E-state index is 13.2. The number of carbonyl (C=O) groups is 1. The standard InChI is InChI=1S/C23H24ClN7O2/c1-33-20-6-5-16(24)13-17(20)21-19(15-27-30(21)12-11-29-8-2-3-9-29)28-23(32)18-14-26-31-10-4-7-25-22(18)31/h4-7,10,13-15H,2-3,8-9,11-12H2,1H3,(H,28,32)/p+1. The fraction of sp³-hybridized carbons (Fsp3) is 0.304. The number of rotatable bonds is 7. The topological polar surface area (TPSA) is 92.2 Å². The number of nitrogens with zero attached hydrogens (tertiary/aromatic N) is 5. The van der Waals surface area contributed by atoms with Gasteiger partial charge in [0.2, 0.25) is 0 Å². The lowest BCUT2D eigenvalue weighted by Gasteiger charge is -2.17. The number of aromatic amines is 1. The summed E-state index contributed by atoms with van der Waals surface area (Å²) in [6, 6.07) is 7.23. The predicted octanol–water partition coefficient (Wildman–Crippen LogP) is 3.02. The van der Waals surface area contributed by atoms with E-state index >= 15 is 0 Å². The Labute approximate surface area is 195 Å². The van der Waals surface area contributed by atoms with Gasteiger partial charge in [0.25, 0.3) is 5.91 Å². The average molecular weight is 467 g/mol. The molecule has 170 valence electrons. The highest BCUT2D eigenvalue weighted by atomic mass is 35.5. The van der Waals surface area contributed by atoms with Crippen molar-refractivity contribution in [3.8, 4) is 17.0 Å². The zero-order chi connectivity index (χ0) is 22.8. The van der Waals surface area contributed by atoms with E-state index in [0.29, 0.717) is 34.2 Å². The number of likely N-dealkylation sites (tertiary alicyclic amines) is 1. The Hall–Kier alpha value is -3.43. The summed E-state index contributed by atoms with van der Waals surface area (Å²) in [5.41, 5.74) is 3.08. The molecule has 0 aliphatic carbocycles. The lowest BCUT2D eigenvalue weighted by molar-refractivity contribution is -0.579. The monoisotopic (exact) mass is 466 g/mol. The molecule has 1 saturated heterocycles. The Balaban J connectivity index is 1.51. The molecule has 0 spiro atoms. The first-order valence-corrected chi connectivity index (χ1v) is 11.3. The smallest absolute Gasteiger partial charge is 0.360 e. The first kappa shape index (κ1) is 21.4. The molecule has 0 bridgehead atoms. The van der Waals surface area contributed by atoms with Gasteiger partial charge in [-0.3, -0.25) is 9.48 Å². The van der Waals surface area contributed by atoms with Gasteiger partial charge >= 0.3 is 5.65 Å². The van der Waals surface area contributed by atoms with Crippen LogP contribution in [0, 0.1) is 0 Å². The summed E-state index contributed by atoms with van der Waals surface area (Å²) in [7, 11) is 1.62. The molecule has 4 aromatic rings. The van der Waals surface area contributed by atoms with Crippen molar-refractivity contribution in [2.45, 2.75) is 19.4 Å². The molecule has 1 amide bonds. The summed E-state index contributed by atoms with van der Waals surface area (Å²) in [4.78, 5) is 19.9. The van der Waals surface area contributed by atoms with Gasteiger partial charge in [0.1, 0.15) is 18.1 Å². The zero-order valence-electron chi connectivity index (χ0n) is 18.3. The first-order chi connectivity index (χ1) is 16.1. The van der Waals surface area contributed by atoms with Crippen molar-refractivity contribution >= 4 is 28.8 Å². The van der Waals surface area contributed by atoms with Crippen molar-refractivity contribution < 1.29 is 14.0 Å². The van der Waals surface area contributed by atoms with E-state index in [0.717, 1.165) is 30.9 Å². The number of fused-ring (bicyclic) bond motifs is 1. The molecule has 3 aromatic heterocycles. The minimum atomic E-state index is -0.284. The molecule has 0 atom stereocenters. The fourth-order valence-electron chi connectivity index (χ4n) is 4.27. The molecule has 4 heterocycles. The number of carbonyl (C=O) groups excluding carboxylic acids is 1. The Morgan fingerprint density at radius 1 is 1.30 bits per heavy atom. The number of H-pyrrole nitrogens is 1. The van der Waals surface area contributed by atoms with Crippen LogP contribution in [0.2, 0.25) is 5.02 Å². The van der Waals surface area contributed by atoms with Gasteiger partial charge in [0.05, 0.1) is 37.4 Å². The molecule has 33 heavy (non-hydrogen) atoms. The van der Waals surface area contributed by atoms with Gasteiger partial charge in [-0.15, -0.1) is 4.52 Å². The van der Waals surface area contributed by atoms with Crippen molar-refractivity contribution in [2.24, 2.45) is 0 Å². The molecular weight excluding hydrogens is 442 g/mol. The van der Waals surface area contributed by atoms with Crippen LogP contribution in [0.15, 0.2) is 49.1 Å². The largest absolute Gasteiger partial charge is 0.496 e. The molecule has 0 unspecified atom stereocenters. The molecule has 0 radical (unpaired) electrons. The Bertz CT molecular complexity index is 1290. The maximum Gasteiger partial charge on any atom is 0.360 e. The molecule has 5 rings (SSSR count). The zero-order valence-corrected chi connectivity index (χ0v) is 19.0. The van der Waals surface area contributed by atoms with Gasteiger partial charge in [-0.2, -0.15) is 5.10 Å². The van der Waals surface area contributed by atoms with Gasteiger partial charge < -0.3 is 15.0 Å². The van der Waals surface area contributed by atoms with Crippen molar-refractivity contribution in [2.75, 3.05) is 32.1 Å². The Morgan fingerprint density at radius 2 is 2.15 bits per heavy atom. The van der Waals surface area contributed by atoms with Crippen LogP contribution >= 0.6 is 11.6 Å². The second-order valence-electron chi connectivity index (χ2n) is 7.98. The van der Waals surface area contributed by atoms with E-state index in [9.17, 15) is 4.79 Å². The summed E-state index contributed by atoms with van der Waals surface area (Å²) < 4.78 is 9.20. The van der Waals surface area contributed by atoms with E-state index in [4.69, 9.17) is 16.3 Å². The number of hydrogen-bond donors (Lipinski definition) is 2. The summed E-state index contributed by atoms with van der Waals surface area (Å²) in [5.74, 6) is 0.371. The van der Waals surface area contributed by atoms with E-state index in [1.165, 1.54) is 12.8 Å². The van der Waals surface area contributed by atoms with Crippen LogP contribution in [0.4, 0.5) is 5.69 Å². The van der Waals surface area contributed by atoms with Crippen LogP contribution in [0.3, 0.4) is 0 Å². The molecule has 1 fully saturated rings. The lowest BCUT2D eigenvalue weighted by atomic mass is 10.1. The van der Waals surface area contributed by atoms with E-state index in [-0.39, 0.29) is 5.91 Å². The highest BCUT2D eigenvalue weighted by molar-refractivity contribution is 6.31. The van der Waals surface area contributed by atoms with Gasteiger partial charge in [-0.1, -0.05) is 11.6 Å². The first-order valence-electron chi connectivity index (χ1n) is 10.9. The second kappa shape index (κ2) is 9.21. The molecular formula is C23H25ClN7O2+. The van der Waals surface area contributed by atoms with Crippen LogP contribution in [-0.4, -0.2) is 57.4 Å². The van der Waals surface area contributed by atoms with Crippen LogP contribution < -0.4 is 14.6 Å². The molecule has 1 aliphatic heterocycles. The van der Waals surface area contributed by atoms with Crippen molar-refractivity contribution in [3.63, 3.8) is 0 Å². The van der Waals surface area contributed by atoms with Gasteiger partial charge in [0, 0.05) is 23.2 Å². The van der Waals surface area contributed by atoms with Gasteiger partial charge in [-0.25, -0.2) is 5.10 Å². The van der Waals surface area contributed by atoms with Crippen molar-refractivity contribution in [1.82, 2.24) is 24.8 Å². The number of ether oxygens (including phenoxy) is 1. The maximum absolute atomic E-state index is 13.2. The molecule has 1 aromatic carbocycles. The van der Waals surface area contributed by atoms with Crippen molar-refractivity contribution in [1.29, 1.82) is 0 Å². The number of benzene rings is 1. The average Bonchev–Trinajstić information content (AvgIpc) is 3.57. The van der Waals surface area contributed by atoms with E-state index in [2.05, 4.69) is 25.4 Å². The third kappa shape index (κ3) is 4.29. The number of anilines is 1. The van der Waals surface area contributed by atoms with Crippen LogP contribution in [0.25, 0.3) is 16.9 Å². The van der Waals surface area contributed by atoms with Crippen LogP contribution in [0.5, 0.6) is 5.75 Å². The summed E-state index contributed by atoms with van der Waals surface area (Å²) in [6.45, 7) is 3.77. The second-order valence-corrected chi connectivity index (χ2v) is 8.41. The van der Waals surface area contributed by atoms with E-state index < -0.39 is 0 Å². The molecule has 2 N–H and O–H groups in total. The van der Waals surface area contributed by atoms with Crippen molar-refractivity contribution in [3.05, 3.63) is 59.6 Å². The Kier molecular flexibility index (Phi) is 5.97. The minimum absolute atomic E-state index is 0.284. The number of amides is 1. The van der Waals surface area contributed by atoms with E-state index in [1.807, 2.05) is 16.8 Å². The number of nitrogens with one attached hydrogen (secondary N) is 2. The normalized spacial score (nSPS) is 14.1. The highest BCUT2D eigenvalue weighted by Crippen LogP contribution is 2.37. The molecule has 10 heteroatoms. The SMILES string of the molecule is COc1ccc(Cl)cc1-c1c(NC(=O)c2c[nH][n+]3cccnc23)cnn1CCN1CCCC1. The summed E-state index contributed by atoms with van der Waals surface area (Å²) in [5, 5.41) is 11.2. The fourth-order valence-corrected chi connectivity index (χ4v) is 4.44. The minimum Gasteiger partial charge on any atom is -0.496 e. The molecule has 0 saturated carbocycles. The number of hydrogen-bond acceptors (Lipinski definition) is 5. The third-order valence-corrected chi connectivity index (χ3v) is 6.15. The molecule has 1 aliphatic rings. The van der Waals surface area contributed by atoms with Crippen LogP contribution in [-0.2, 0) is 6.54 Å². The summed E-state index contributed by atoms with van der Waals surface area (Å²) in [6.07, 6.45) is 9.22. The molecule has 9 nitrogen and oxygen atoms in total. The quantitative estimate of drug-likeness (QED) is 0.408. The predicted molar refractivity (Wildman–Crippen MR) is 125 cm³/mol.